The predicted octanol–water partition coefficient (Wildman–Crippen LogP) is 0.899. The molecule has 0 spiro atoms. The second-order valence-corrected chi connectivity index (χ2v) is 4.58. The van der Waals surface area contributed by atoms with Crippen molar-refractivity contribution in [1.82, 2.24) is 10.1 Å². The van der Waals surface area contributed by atoms with E-state index >= 15 is 0 Å². The number of likely N-dealkylation sites (tertiary alicyclic amines) is 1. The second-order valence-electron chi connectivity index (χ2n) is 4.58. The predicted molar refractivity (Wildman–Crippen MR) is 61.4 cm³/mol. The van der Waals surface area contributed by atoms with Crippen LogP contribution in [-0.2, 0) is 11.2 Å². The molecule has 0 saturated carbocycles. The van der Waals surface area contributed by atoms with Gasteiger partial charge in [0.1, 0.15) is 5.76 Å². The van der Waals surface area contributed by atoms with E-state index in [4.69, 9.17) is 4.52 Å². The molecule has 1 aromatic heterocycles. The summed E-state index contributed by atoms with van der Waals surface area (Å²) in [5.74, 6) is 0.660. The molecule has 0 unspecified atom stereocenters. The number of carbonyl (C=O) groups is 1. The van der Waals surface area contributed by atoms with Crippen LogP contribution in [0, 0.1) is 6.92 Å². The molecule has 0 aromatic carbocycles. The quantitative estimate of drug-likeness (QED) is 0.831. The second kappa shape index (κ2) is 5.31. The van der Waals surface area contributed by atoms with Crippen molar-refractivity contribution in [2.45, 2.75) is 38.7 Å². The van der Waals surface area contributed by atoms with Crippen LogP contribution in [0.3, 0.4) is 0 Å². The SMILES string of the molecule is Cc1cc(CC(=O)N2CCC[C@@H](O)CC2)on1. The summed E-state index contributed by atoms with van der Waals surface area (Å²) >= 11 is 0. The minimum absolute atomic E-state index is 0.0512. The molecule has 94 valence electrons. The van der Waals surface area contributed by atoms with Gasteiger partial charge in [-0.2, -0.15) is 0 Å². The van der Waals surface area contributed by atoms with Gasteiger partial charge in [-0.25, -0.2) is 0 Å². The average Bonchev–Trinajstić information content (AvgIpc) is 2.56. The van der Waals surface area contributed by atoms with Gasteiger partial charge in [0.25, 0.3) is 0 Å². The summed E-state index contributed by atoms with van der Waals surface area (Å²) in [5, 5.41) is 13.3. The number of amides is 1. The van der Waals surface area contributed by atoms with Crippen molar-refractivity contribution >= 4 is 5.91 Å². The molecule has 1 aliphatic heterocycles. The van der Waals surface area contributed by atoms with Crippen molar-refractivity contribution in [1.29, 1.82) is 0 Å². The minimum atomic E-state index is -0.264. The zero-order valence-electron chi connectivity index (χ0n) is 10.1. The van der Waals surface area contributed by atoms with Crippen molar-refractivity contribution < 1.29 is 14.4 Å². The number of rotatable bonds is 2. The fraction of sp³-hybridized carbons (Fsp3) is 0.667. The van der Waals surface area contributed by atoms with Crippen LogP contribution in [0.5, 0.6) is 0 Å². The van der Waals surface area contributed by atoms with Crippen molar-refractivity contribution in [2.75, 3.05) is 13.1 Å². The van der Waals surface area contributed by atoms with E-state index in [0.717, 1.165) is 25.1 Å². The topological polar surface area (TPSA) is 66.6 Å². The van der Waals surface area contributed by atoms with Crippen LogP contribution in [0.2, 0.25) is 0 Å². The van der Waals surface area contributed by atoms with Crippen molar-refractivity contribution in [2.24, 2.45) is 0 Å². The summed E-state index contributed by atoms with van der Waals surface area (Å²) in [6, 6.07) is 1.78. The summed E-state index contributed by atoms with van der Waals surface area (Å²) < 4.78 is 5.03. The molecule has 2 heterocycles. The molecule has 2 rings (SSSR count). The Kier molecular flexibility index (Phi) is 3.78. The molecule has 1 amide bonds. The highest BCUT2D eigenvalue weighted by Gasteiger charge is 2.20. The summed E-state index contributed by atoms with van der Waals surface area (Å²) in [6.45, 7) is 3.19. The molecule has 5 heteroatoms. The summed E-state index contributed by atoms with van der Waals surface area (Å²) in [5.41, 5.74) is 0.791. The van der Waals surface area contributed by atoms with Gasteiger partial charge in [0, 0.05) is 19.2 Å². The third-order valence-corrected chi connectivity index (χ3v) is 3.05. The molecule has 5 nitrogen and oxygen atoms in total. The Hall–Kier alpha value is -1.36. The molecule has 17 heavy (non-hydrogen) atoms. The van der Waals surface area contributed by atoms with Crippen molar-refractivity contribution in [3.63, 3.8) is 0 Å². The van der Waals surface area contributed by atoms with E-state index < -0.39 is 0 Å². The maximum atomic E-state index is 12.0. The molecule has 0 radical (unpaired) electrons. The Balaban J connectivity index is 1.91. The Labute approximate surface area is 100 Å². The fourth-order valence-corrected chi connectivity index (χ4v) is 2.09. The lowest BCUT2D eigenvalue weighted by Gasteiger charge is -2.19. The zero-order valence-corrected chi connectivity index (χ0v) is 10.1. The lowest BCUT2D eigenvalue weighted by molar-refractivity contribution is -0.130. The zero-order chi connectivity index (χ0) is 12.3. The number of aromatic nitrogens is 1. The van der Waals surface area contributed by atoms with Gasteiger partial charge in [0.15, 0.2) is 0 Å². The van der Waals surface area contributed by atoms with Gasteiger partial charge >= 0.3 is 0 Å². The van der Waals surface area contributed by atoms with Gasteiger partial charge in [0.2, 0.25) is 5.91 Å². The number of aryl methyl sites for hydroxylation is 1. The lowest BCUT2D eigenvalue weighted by Crippen LogP contribution is -2.33. The van der Waals surface area contributed by atoms with Gasteiger partial charge in [-0.1, -0.05) is 5.16 Å². The molecule has 1 aromatic rings. The van der Waals surface area contributed by atoms with E-state index in [1.807, 2.05) is 6.92 Å². The summed E-state index contributed by atoms with van der Waals surface area (Å²) in [4.78, 5) is 13.8. The van der Waals surface area contributed by atoms with Gasteiger partial charge in [-0.15, -0.1) is 0 Å². The monoisotopic (exact) mass is 238 g/mol. The van der Waals surface area contributed by atoms with E-state index in [-0.39, 0.29) is 18.4 Å². The Morgan fingerprint density at radius 3 is 3.12 bits per heavy atom. The maximum absolute atomic E-state index is 12.0. The smallest absolute Gasteiger partial charge is 0.230 e. The Morgan fingerprint density at radius 1 is 1.59 bits per heavy atom. The van der Waals surface area contributed by atoms with Crippen LogP contribution in [-0.4, -0.2) is 40.3 Å². The first kappa shape index (κ1) is 12.1. The molecule has 1 atom stereocenters. The van der Waals surface area contributed by atoms with Crippen molar-refractivity contribution in [3.8, 4) is 0 Å². The molecule has 1 aliphatic rings. The van der Waals surface area contributed by atoms with Crippen LogP contribution in [0.4, 0.5) is 0 Å². The average molecular weight is 238 g/mol. The van der Waals surface area contributed by atoms with Gasteiger partial charge in [0.05, 0.1) is 18.2 Å². The third-order valence-electron chi connectivity index (χ3n) is 3.05. The number of hydrogen-bond donors (Lipinski definition) is 1. The minimum Gasteiger partial charge on any atom is -0.393 e. The first-order chi connectivity index (χ1) is 8.15. The fourth-order valence-electron chi connectivity index (χ4n) is 2.09. The van der Waals surface area contributed by atoms with E-state index in [2.05, 4.69) is 5.16 Å². The van der Waals surface area contributed by atoms with Crippen molar-refractivity contribution in [3.05, 3.63) is 17.5 Å². The highest BCUT2D eigenvalue weighted by atomic mass is 16.5. The number of nitrogens with zero attached hydrogens (tertiary/aromatic N) is 2. The van der Waals surface area contributed by atoms with Crippen LogP contribution >= 0.6 is 0 Å². The standard InChI is InChI=1S/C12H18N2O3/c1-9-7-11(17-13-9)8-12(16)14-5-2-3-10(15)4-6-14/h7,10,15H,2-6,8H2,1H3/t10-/m1/s1. The van der Waals surface area contributed by atoms with Crippen LogP contribution in [0.15, 0.2) is 10.6 Å². The summed E-state index contributed by atoms with van der Waals surface area (Å²) in [7, 11) is 0. The molecule has 1 N–H and O–H groups in total. The number of carbonyl (C=O) groups excluding carboxylic acids is 1. The lowest BCUT2D eigenvalue weighted by atomic mass is 10.2. The van der Waals surface area contributed by atoms with Crippen LogP contribution < -0.4 is 0 Å². The molecular formula is C12H18N2O3. The van der Waals surface area contributed by atoms with Crippen LogP contribution in [0.1, 0.15) is 30.7 Å². The van der Waals surface area contributed by atoms with Crippen LogP contribution in [0.25, 0.3) is 0 Å². The number of aliphatic hydroxyl groups is 1. The van der Waals surface area contributed by atoms with E-state index in [1.165, 1.54) is 0 Å². The summed E-state index contributed by atoms with van der Waals surface area (Å²) in [6.07, 6.45) is 2.31. The molecule has 0 aliphatic carbocycles. The van der Waals surface area contributed by atoms with Gasteiger partial charge in [-0.05, 0) is 26.2 Å². The number of hydrogen-bond acceptors (Lipinski definition) is 4. The van der Waals surface area contributed by atoms with E-state index in [0.29, 0.717) is 18.7 Å². The van der Waals surface area contributed by atoms with Gasteiger partial charge in [-0.3, -0.25) is 4.79 Å². The van der Waals surface area contributed by atoms with E-state index in [1.54, 1.807) is 11.0 Å². The molecule has 1 fully saturated rings. The molecule has 1 saturated heterocycles. The number of aliphatic hydroxyl groups excluding tert-OH is 1. The first-order valence-corrected chi connectivity index (χ1v) is 6.03. The normalized spacial score (nSPS) is 21.3. The van der Waals surface area contributed by atoms with Gasteiger partial charge < -0.3 is 14.5 Å². The van der Waals surface area contributed by atoms with E-state index in [9.17, 15) is 9.90 Å². The third kappa shape index (κ3) is 3.30. The molecular weight excluding hydrogens is 220 g/mol. The highest BCUT2D eigenvalue weighted by molar-refractivity contribution is 5.78. The Bertz CT molecular complexity index is 389. The molecule has 0 bridgehead atoms. The highest BCUT2D eigenvalue weighted by Crippen LogP contribution is 2.12. The first-order valence-electron chi connectivity index (χ1n) is 6.03. The largest absolute Gasteiger partial charge is 0.393 e. The maximum Gasteiger partial charge on any atom is 0.230 e. The Morgan fingerprint density at radius 2 is 2.41 bits per heavy atom.